The molecule has 2 N–H and O–H groups in total. The van der Waals surface area contributed by atoms with Gasteiger partial charge in [-0.1, -0.05) is 46.3 Å². The molecule has 0 aliphatic heterocycles. The molecule has 0 amide bonds. The number of hydrazone groups is 1. The van der Waals surface area contributed by atoms with E-state index in [1.807, 2.05) is 18.2 Å². The van der Waals surface area contributed by atoms with Crippen LogP contribution in [0.4, 0.5) is 5.95 Å². The highest BCUT2D eigenvalue weighted by atomic mass is 79.9. The molecule has 0 radical (unpaired) electrons. The zero-order valence-corrected chi connectivity index (χ0v) is 19.0. The maximum atomic E-state index is 12.3. The fourth-order valence-corrected chi connectivity index (χ4v) is 2.92. The molecule has 8 nitrogen and oxygen atoms in total. The van der Waals surface area contributed by atoms with Gasteiger partial charge in [-0.15, -0.1) is 0 Å². The molecule has 0 bridgehead atoms. The predicted molar refractivity (Wildman–Crippen MR) is 127 cm³/mol. The number of nitriles is 1. The quantitative estimate of drug-likeness (QED) is 0.314. The molecule has 0 atom stereocenters. The van der Waals surface area contributed by atoms with Gasteiger partial charge in [0.1, 0.15) is 17.4 Å². The third-order valence-corrected chi connectivity index (χ3v) is 4.93. The highest BCUT2D eigenvalue weighted by Gasteiger charge is 2.13. The summed E-state index contributed by atoms with van der Waals surface area (Å²) in [6, 6.07) is 16.3. The first-order chi connectivity index (χ1) is 14.9. The van der Waals surface area contributed by atoms with E-state index < -0.39 is 5.56 Å². The third-order valence-electron chi connectivity index (χ3n) is 3.99. The number of benzene rings is 2. The lowest BCUT2D eigenvalue weighted by Crippen LogP contribution is -2.25. The summed E-state index contributed by atoms with van der Waals surface area (Å²) in [4.78, 5) is 20.9. The van der Waals surface area contributed by atoms with Crippen molar-refractivity contribution in [3.05, 3.63) is 74.5 Å². The Morgan fingerprint density at radius 1 is 1.32 bits per heavy atom. The van der Waals surface area contributed by atoms with Crippen LogP contribution in [-0.2, 0) is 0 Å². The average molecular weight is 497 g/mol. The Hall–Kier alpha value is -3.55. The Morgan fingerprint density at radius 2 is 2.06 bits per heavy atom. The van der Waals surface area contributed by atoms with Crippen LogP contribution in [0.2, 0.25) is 0 Å². The van der Waals surface area contributed by atoms with Crippen LogP contribution in [0.5, 0.6) is 5.75 Å². The molecule has 0 aliphatic carbocycles. The van der Waals surface area contributed by atoms with E-state index in [9.17, 15) is 10.1 Å². The second kappa shape index (κ2) is 9.97. The van der Waals surface area contributed by atoms with Crippen molar-refractivity contribution in [1.29, 1.82) is 5.26 Å². The van der Waals surface area contributed by atoms with Gasteiger partial charge in [0.05, 0.1) is 11.9 Å². The number of hydrogen-bond donors (Lipinski definition) is 2. The summed E-state index contributed by atoms with van der Waals surface area (Å²) in [5.74, 6) is 0.604. The molecule has 156 valence electrons. The van der Waals surface area contributed by atoms with E-state index in [1.165, 1.54) is 6.21 Å². The van der Waals surface area contributed by atoms with Gasteiger partial charge in [-0.05, 0) is 30.4 Å². The standard InChI is InChI=1S/C21H17BrN6O2S/c1-28(2)21(31)30-17-10-15(22)9-8-14(17)12-24-27-20-25-18(13-6-4-3-5-7-13)16(11-23)19(29)26-20/h3-10,12H,1-2H3,(H2,25,26,27,29). The Morgan fingerprint density at radius 3 is 2.74 bits per heavy atom. The monoisotopic (exact) mass is 496 g/mol. The molecule has 0 fully saturated rings. The van der Waals surface area contributed by atoms with Crippen molar-refractivity contribution in [3.63, 3.8) is 0 Å². The third kappa shape index (κ3) is 5.53. The molecule has 0 spiro atoms. The second-order valence-corrected chi connectivity index (χ2v) is 7.70. The normalized spacial score (nSPS) is 10.5. The van der Waals surface area contributed by atoms with Crippen LogP contribution in [0.3, 0.4) is 0 Å². The SMILES string of the molecule is CN(C)C(=S)Oc1cc(Br)ccc1C=NNc1nc(-c2ccccc2)c(C#N)c(=O)[nH]1. The Labute approximate surface area is 192 Å². The van der Waals surface area contributed by atoms with Crippen LogP contribution in [0, 0.1) is 11.3 Å². The Balaban J connectivity index is 1.89. The molecule has 3 aromatic rings. The first-order valence-corrected chi connectivity index (χ1v) is 10.2. The van der Waals surface area contributed by atoms with Crippen molar-refractivity contribution < 1.29 is 4.74 Å². The molecule has 0 aliphatic rings. The molecule has 10 heteroatoms. The summed E-state index contributed by atoms with van der Waals surface area (Å²) in [6.45, 7) is 0. The molecule has 3 rings (SSSR count). The Kier molecular flexibility index (Phi) is 7.12. The highest BCUT2D eigenvalue weighted by Crippen LogP contribution is 2.23. The molecular formula is C21H17BrN6O2S. The summed E-state index contributed by atoms with van der Waals surface area (Å²) in [5, 5.41) is 13.8. The second-order valence-electron chi connectivity index (χ2n) is 6.43. The van der Waals surface area contributed by atoms with Crippen LogP contribution < -0.4 is 15.7 Å². The van der Waals surface area contributed by atoms with Gasteiger partial charge >= 0.3 is 0 Å². The highest BCUT2D eigenvalue weighted by molar-refractivity contribution is 9.10. The van der Waals surface area contributed by atoms with E-state index in [1.54, 1.807) is 55.4 Å². The van der Waals surface area contributed by atoms with Crippen molar-refractivity contribution in [3.8, 4) is 23.1 Å². The summed E-state index contributed by atoms with van der Waals surface area (Å²) in [5.41, 5.74) is 3.65. The maximum Gasteiger partial charge on any atom is 0.270 e. The van der Waals surface area contributed by atoms with Gasteiger partial charge in [-0.2, -0.15) is 10.4 Å². The number of halogens is 1. The predicted octanol–water partition coefficient (Wildman–Crippen LogP) is 3.74. The van der Waals surface area contributed by atoms with Gasteiger partial charge in [0.15, 0.2) is 0 Å². The zero-order chi connectivity index (χ0) is 22.4. The topological polar surface area (TPSA) is 106 Å². The summed E-state index contributed by atoms with van der Waals surface area (Å²) < 4.78 is 6.53. The number of H-pyrrole nitrogens is 1. The van der Waals surface area contributed by atoms with Crippen LogP contribution >= 0.6 is 28.1 Å². The molecule has 31 heavy (non-hydrogen) atoms. The van der Waals surface area contributed by atoms with Crippen molar-refractivity contribution in [2.75, 3.05) is 19.5 Å². The van der Waals surface area contributed by atoms with Gasteiger partial charge in [0.25, 0.3) is 10.7 Å². The molecule has 0 saturated heterocycles. The molecule has 0 unspecified atom stereocenters. The van der Waals surface area contributed by atoms with Crippen LogP contribution in [0.15, 0.2) is 62.9 Å². The molecule has 1 heterocycles. The largest absolute Gasteiger partial charge is 0.431 e. The van der Waals surface area contributed by atoms with Crippen LogP contribution in [-0.4, -0.2) is 40.4 Å². The molecule has 1 aromatic heterocycles. The molecule has 2 aromatic carbocycles. The summed E-state index contributed by atoms with van der Waals surface area (Å²) in [7, 11) is 3.57. The number of anilines is 1. The molecular weight excluding hydrogens is 480 g/mol. The van der Waals surface area contributed by atoms with Gasteiger partial charge < -0.3 is 9.64 Å². The fraction of sp³-hybridized carbons (Fsp3) is 0.0952. The number of hydrogen-bond acceptors (Lipinski definition) is 7. The smallest absolute Gasteiger partial charge is 0.270 e. The van der Waals surface area contributed by atoms with Crippen molar-refractivity contribution in [1.82, 2.24) is 14.9 Å². The van der Waals surface area contributed by atoms with E-state index >= 15 is 0 Å². The number of ether oxygens (including phenoxy) is 1. The van der Waals surface area contributed by atoms with E-state index in [0.29, 0.717) is 22.1 Å². The number of thiocarbonyl (C=S) groups is 1. The lowest BCUT2D eigenvalue weighted by molar-refractivity contribution is 0.449. The number of aromatic amines is 1. The fourth-order valence-electron chi connectivity index (χ4n) is 2.49. The number of aromatic nitrogens is 2. The number of nitrogens with zero attached hydrogens (tertiary/aromatic N) is 4. The number of nitrogens with one attached hydrogen (secondary N) is 2. The minimum absolute atomic E-state index is 0.0680. The van der Waals surface area contributed by atoms with E-state index in [0.717, 1.165) is 4.47 Å². The van der Waals surface area contributed by atoms with Crippen LogP contribution in [0.25, 0.3) is 11.3 Å². The lowest BCUT2D eigenvalue weighted by Gasteiger charge is -2.15. The summed E-state index contributed by atoms with van der Waals surface area (Å²) in [6.07, 6.45) is 1.51. The first kappa shape index (κ1) is 22.1. The lowest BCUT2D eigenvalue weighted by atomic mass is 10.1. The minimum Gasteiger partial charge on any atom is -0.431 e. The Bertz CT molecular complexity index is 1230. The van der Waals surface area contributed by atoms with Crippen LogP contribution in [0.1, 0.15) is 11.1 Å². The first-order valence-electron chi connectivity index (χ1n) is 8.96. The van der Waals surface area contributed by atoms with Crippen molar-refractivity contribution in [2.24, 2.45) is 5.10 Å². The van der Waals surface area contributed by atoms with Gasteiger partial charge in [-0.3, -0.25) is 9.78 Å². The van der Waals surface area contributed by atoms with Crippen molar-refractivity contribution in [2.45, 2.75) is 0 Å². The minimum atomic E-state index is -0.557. The van der Waals surface area contributed by atoms with Gasteiger partial charge in [-0.25, -0.2) is 10.4 Å². The van der Waals surface area contributed by atoms with Gasteiger partial charge in [0, 0.05) is 29.7 Å². The van der Waals surface area contributed by atoms with E-state index in [2.05, 4.69) is 36.4 Å². The average Bonchev–Trinajstić information content (AvgIpc) is 2.75. The van der Waals surface area contributed by atoms with Gasteiger partial charge in [0.2, 0.25) is 5.95 Å². The van der Waals surface area contributed by atoms with Crippen molar-refractivity contribution >= 4 is 45.5 Å². The maximum absolute atomic E-state index is 12.3. The van der Waals surface area contributed by atoms with E-state index in [-0.39, 0.29) is 17.2 Å². The molecule has 0 saturated carbocycles. The van der Waals surface area contributed by atoms with E-state index in [4.69, 9.17) is 17.0 Å². The summed E-state index contributed by atoms with van der Waals surface area (Å²) >= 11 is 8.61. The zero-order valence-electron chi connectivity index (χ0n) is 16.6. The number of rotatable bonds is 5.